The Hall–Kier alpha value is -2.77. The van der Waals surface area contributed by atoms with Gasteiger partial charge in [0, 0.05) is 19.5 Å². The number of carbonyl (C=O) groups excluding carboxylic acids is 1. The third kappa shape index (κ3) is 3.24. The summed E-state index contributed by atoms with van der Waals surface area (Å²) in [7, 11) is 0. The minimum Gasteiger partial charge on any atom is -0.440 e. The molecule has 1 saturated heterocycles. The molecule has 3 aromatic rings. The van der Waals surface area contributed by atoms with Crippen LogP contribution < -0.4 is 0 Å². The Balaban J connectivity index is 1.41. The van der Waals surface area contributed by atoms with Crippen LogP contribution in [0.1, 0.15) is 36.9 Å². The summed E-state index contributed by atoms with van der Waals surface area (Å²) in [5.74, 6) is 1.72. The summed E-state index contributed by atoms with van der Waals surface area (Å²) in [4.78, 5) is 19.0. The van der Waals surface area contributed by atoms with E-state index in [-0.39, 0.29) is 11.8 Å². The monoisotopic (exact) mass is 340 g/mol. The molecule has 1 unspecified atom stereocenters. The Kier molecular flexibility index (Phi) is 4.17. The number of rotatable bonds is 4. The van der Waals surface area contributed by atoms with E-state index in [4.69, 9.17) is 4.42 Å². The topological polar surface area (TPSA) is 89.9 Å². The molecule has 0 radical (unpaired) electrons. The number of fused-ring (bicyclic) bond motifs is 1. The first-order valence-corrected chi connectivity index (χ1v) is 8.57. The van der Waals surface area contributed by atoms with E-state index < -0.39 is 0 Å². The number of oxazole rings is 1. The molecule has 8 nitrogen and oxygen atoms in total. The number of carbonyl (C=O) groups is 1. The highest BCUT2D eigenvalue weighted by Gasteiger charge is 2.28. The predicted molar refractivity (Wildman–Crippen MR) is 89.7 cm³/mol. The molecule has 130 valence electrons. The fourth-order valence-corrected chi connectivity index (χ4v) is 3.29. The van der Waals surface area contributed by atoms with Crippen molar-refractivity contribution in [2.75, 3.05) is 13.1 Å². The number of para-hydroxylation sites is 2. The fourth-order valence-electron chi connectivity index (χ4n) is 3.29. The Morgan fingerprint density at radius 3 is 3.04 bits per heavy atom. The van der Waals surface area contributed by atoms with E-state index in [9.17, 15) is 4.79 Å². The molecule has 1 aromatic carbocycles. The van der Waals surface area contributed by atoms with Crippen molar-refractivity contribution in [3.63, 3.8) is 0 Å². The van der Waals surface area contributed by atoms with Crippen molar-refractivity contribution >= 4 is 17.0 Å². The van der Waals surface area contributed by atoms with Crippen LogP contribution in [0.15, 0.2) is 28.7 Å². The van der Waals surface area contributed by atoms with Crippen LogP contribution in [0.4, 0.5) is 0 Å². The number of hydrogen-bond donors (Lipinski definition) is 0. The summed E-state index contributed by atoms with van der Waals surface area (Å²) in [5.41, 5.74) is 1.67. The zero-order chi connectivity index (χ0) is 17.2. The number of benzene rings is 1. The highest BCUT2D eigenvalue weighted by molar-refractivity contribution is 5.76. The van der Waals surface area contributed by atoms with Gasteiger partial charge < -0.3 is 9.32 Å². The number of tetrazole rings is 1. The van der Waals surface area contributed by atoms with E-state index >= 15 is 0 Å². The SMILES string of the molecule is Cc1nnnn1CCC(=O)N1CCCC(c2nc3ccccc3o2)C1. The predicted octanol–water partition coefficient (Wildman–Crippen LogP) is 1.92. The molecule has 3 heterocycles. The number of piperidine rings is 1. The Morgan fingerprint density at radius 1 is 1.36 bits per heavy atom. The molecular weight excluding hydrogens is 320 g/mol. The highest BCUT2D eigenvalue weighted by atomic mass is 16.3. The molecule has 0 spiro atoms. The van der Waals surface area contributed by atoms with Gasteiger partial charge in [-0.1, -0.05) is 12.1 Å². The van der Waals surface area contributed by atoms with E-state index in [0.717, 1.165) is 42.2 Å². The first-order valence-electron chi connectivity index (χ1n) is 8.57. The molecular formula is C17H20N6O2. The van der Waals surface area contributed by atoms with Crippen LogP contribution in [0.2, 0.25) is 0 Å². The molecule has 1 fully saturated rings. The second-order valence-corrected chi connectivity index (χ2v) is 6.40. The second-order valence-electron chi connectivity index (χ2n) is 6.40. The molecule has 0 saturated carbocycles. The number of nitrogens with zero attached hydrogens (tertiary/aromatic N) is 6. The van der Waals surface area contributed by atoms with Crippen LogP contribution in [0, 0.1) is 6.92 Å². The molecule has 0 N–H and O–H groups in total. The van der Waals surface area contributed by atoms with Gasteiger partial charge in [0.05, 0.1) is 12.5 Å². The van der Waals surface area contributed by atoms with Crippen molar-refractivity contribution in [1.82, 2.24) is 30.1 Å². The fraction of sp³-hybridized carbons (Fsp3) is 0.471. The molecule has 1 aliphatic heterocycles. The van der Waals surface area contributed by atoms with Crippen LogP contribution in [-0.2, 0) is 11.3 Å². The van der Waals surface area contributed by atoms with Gasteiger partial charge in [0.15, 0.2) is 11.5 Å². The maximum atomic E-state index is 12.5. The Bertz CT molecular complexity index is 853. The van der Waals surface area contributed by atoms with Gasteiger partial charge >= 0.3 is 0 Å². The number of likely N-dealkylation sites (tertiary alicyclic amines) is 1. The summed E-state index contributed by atoms with van der Waals surface area (Å²) in [6.45, 7) is 3.76. The quantitative estimate of drug-likeness (QED) is 0.721. The average Bonchev–Trinajstić information content (AvgIpc) is 3.25. The van der Waals surface area contributed by atoms with Crippen molar-refractivity contribution in [2.24, 2.45) is 0 Å². The van der Waals surface area contributed by atoms with Gasteiger partial charge in [0.1, 0.15) is 11.3 Å². The lowest BCUT2D eigenvalue weighted by molar-refractivity contribution is -0.132. The van der Waals surface area contributed by atoms with E-state index in [1.165, 1.54) is 0 Å². The number of aryl methyl sites for hydroxylation is 2. The molecule has 8 heteroatoms. The van der Waals surface area contributed by atoms with Crippen LogP contribution in [-0.4, -0.2) is 49.1 Å². The van der Waals surface area contributed by atoms with Crippen LogP contribution in [0.3, 0.4) is 0 Å². The Morgan fingerprint density at radius 2 is 2.24 bits per heavy atom. The Labute approximate surface area is 144 Å². The van der Waals surface area contributed by atoms with Crippen LogP contribution in [0.5, 0.6) is 0 Å². The minimum atomic E-state index is 0.121. The molecule has 0 bridgehead atoms. The van der Waals surface area contributed by atoms with Gasteiger partial charge in [0.25, 0.3) is 0 Å². The smallest absolute Gasteiger partial charge is 0.224 e. The van der Waals surface area contributed by atoms with Crippen molar-refractivity contribution < 1.29 is 9.21 Å². The zero-order valence-electron chi connectivity index (χ0n) is 14.1. The van der Waals surface area contributed by atoms with Crippen molar-refractivity contribution in [3.8, 4) is 0 Å². The van der Waals surface area contributed by atoms with Gasteiger partial charge in [-0.15, -0.1) is 5.10 Å². The highest BCUT2D eigenvalue weighted by Crippen LogP contribution is 2.29. The van der Waals surface area contributed by atoms with E-state index in [1.54, 1.807) is 4.68 Å². The largest absolute Gasteiger partial charge is 0.440 e. The van der Waals surface area contributed by atoms with Crippen LogP contribution >= 0.6 is 0 Å². The van der Waals surface area contributed by atoms with Gasteiger partial charge in [-0.2, -0.15) is 0 Å². The molecule has 1 amide bonds. The third-order valence-electron chi connectivity index (χ3n) is 4.68. The molecule has 4 rings (SSSR count). The van der Waals surface area contributed by atoms with Gasteiger partial charge in [-0.05, 0) is 42.3 Å². The third-order valence-corrected chi connectivity index (χ3v) is 4.68. The summed E-state index contributed by atoms with van der Waals surface area (Å²) in [6, 6.07) is 7.76. The standard InChI is InChI=1S/C17H20N6O2/c1-12-19-20-21-23(12)10-8-16(24)22-9-4-5-13(11-22)17-18-14-6-2-3-7-15(14)25-17/h2-3,6-7,13H,4-5,8-11H2,1H3. The second kappa shape index (κ2) is 6.62. The lowest BCUT2D eigenvalue weighted by Gasteiger charge is -2.31. The van der Waals surface area contributed by atoms with Gasteiger partial charge in [-0.25, -0.2) is 9.67 Å². The number of hydrogen-bond acceptors (Lipinski definition) is 6. The number of aromatic nitrogens is 5. The first-order chi connectivity index (χ1) is 12.2. The summed E-state index contributed by atoms with van der Waals surface area (Å²) in [5, 5.41) is 11.3. The maximum absolute atomic E-state index is 12.5. The normalized spacial score (nSPS) is 18.0. The van der Waals surface area contributed by atoms with Crippen molar-refractivity contribution in [1.29, 1.82) is 0 Å². The van der Waals surface area contributed by atoms with Crippen molar-refractivity contribution in [2.45, 2.75) is 38.6 Å². The summed E-state index contributed by atoms with van der Waals surface area (Å²) < 4.78 is 7.54. The summed E-state index contributed by atoms with van der Waals surface area (Å²) >= 11 is 0. The van der Waals surface area contributed by atoms with E-state index in [1.807, 2.05) is 36.1 Å². The van der Waals surface area contributed by atoms with Crippen molar-refractivity contribution in [3.05, 3.63) is 36.0 Å². The van der Waals surface area contributed by atoms with Crippen LogP contribution in [0.25, 0.3) is 11.1 Å². The molecule has 0 aliphatic carbocycles. The summed E-state index contributed by atoms with van der Waals surface area (Å²) in [6.07, 6.45) is 2.34. The molecule has 1 atom stereocenters. The lowest BCUT2D eigenvalue weighted by Crippen LogP contribution is -2.39. The first kappa shape index (κ1) is 15.7. The van der Waals surface area contributed by atoms with E-state index in [2.05, 4.69) is 20.5 Å². The van der Waals surface area contributed by atoms with Gasteiger partial charge in [-0.3, -0.25) is 4.79 Å². The number of amides is 1. The molecule has 2 aromatic heterocycles. The van der Waals surface area contributed by atoms with Gasteiger partial charge in [0.2, 0.25) is 5.91 Å². The average molecular weight is 340 g/mol. The minimum absolute atomic E-state index is 0.121. The molecule has 25 heavy (non-hydrogen) atoms. The lowest BCUT2D eigenvalue weighted by atomic mass is 9.97. The molecule has 1 aliphatic rings. The zero-order valence-corrected chi connectivity index (χ0v) is 14.1. The maximum Gasteiger partial charge on any atom is 0.224 e. The van der Waals surface area contributed by atoms with E-state index in [0.29, 0.717) is 19.5 Å².